The molecule has 2 aliphatic rings. The summed E-state index contributed by atoms with van der Waals surface area (Å²) in [6.07, 6.45) is -2.62. The number of carboxylic acids is 1. The van der Waals surface area contributed by atoms with Crippen molar-refractivity contribution in [1.29, 1.82) is 0 Å². The molecule has 0 saturated carbocycles. The number of likely N-dealkylation sites (tertiary alicyclic amines) is 1. The van der Waals surface area contributed by atoms with Crippen molar-refractivity contribution in [2.45, 2.75) is 31.0 Å². The molecule has 1 spiro atoms. The number of halogens is 3. The molecular weight excluding hydrogens is 417 g/mol. The summed E-state index contributed by atoms with van der Waals surface area (Å²) < 4.78 is 42.8. The second kappa shape index (κ2) is 11.4. The molecule has 0 unspecified atom stereocenters. The van der Waals surface area contributed by atoms with Crippen molar-refractivity contribution >= 4 is 11.9 Å². The van der Waals surface area contributed by atoms with E-state index in [1.165, 1.54) is 0 Å². The molecule has 174 valence electrons. The lowest BCUT2D eigenvalue weighted by molar-refractivity contribution is -0.192. The van der Waals surface area contributed by atoms with Crippen molar-refractivity contribution in [3.63, 3.8) is 0 Å². The third-order valence-electron chi connectivity index (χ3n) is 5.60. The van der Waals surface area contributed by atoms with E-state index in [-0.39, 0.29) is 11.4 Å². The van der Waals surface area contributed by atoms with E-state index in [0.29, 0.717) is 6.42 Å². The van der Waals surface area contributed by atoms with Crippen molar-refractivity contribution < 1.29 is 37.3 Å². The van der Waals surface area contributed by atoms with Crippen molar-refractivity contribution in [2.75, 3.05) is 53.1 Å². The average molecular weight is 446 g/mol. The maximum Gasteiger partial charge on any atom is 0.490 e. The van der Waals surface area contributed by atoms with Crippen molar-refractivity contribution in [3.8, 4) is 0 Å². The number of amides is 1. The first-order valence-electron chi connectivity index (χ1n) is 10.1. The number of hydrogen-bond acceptors (Lipinski definition) is 5. The molecule has 1 aromatic carbocycles. The summed E-state index contributed by atoms with van der Waals surface area (Å²) >= 11 is 0. The highest BCUT2D eigenvalue weighted by atomic mass is 19.4. The molecule has 0 aliphatic carbocycles. The molecule has 1 N–H and O–H groups in total. The van der Waals surface area contributed by atoms with Crippen LogP contribution in [0.3, 0.4) is 0 Å². The lowest BCUT2D eigenvalue weighted by Gasteiger charge is -2.51. The maximum absolute atomic E-state index is 12.6. The van der Waals surface area contributed by atoms with Crippen LogP contribution in [0, 0.1) is 0 Å². The van der Waals surface area contributed by atoms with Crippen molar-refractivity contribution in [1.82, 2.24) is 9.80 Å². The number of piperidine rings is 1. The molecule has 1 aromatic rings. The van der Waals surface area contributed by atoms with Gasteiger partial charge in [-0.15, -0.1) is 0 Å². The molecule has 0 aromatic heterocycles. The van der Waals surface area contributed by atoms with E-state index >= 15 is 0 Å². The highest BCUT2D eigenvalue weighted by Gasteiger charge is 2.42. The van der Waals surface area contributed by atoms with E-state index in [1.54, 1.807) is 7.11 Å². The number of carboxylic acid groups (broad SMARTS) is 1. The zero-order chi connectivity index (χ0) is 22.9. The third-order valence-corrected chi connectivity index (χ3v) is 5.60. The molecule has 0 bridgehead atoms. The Morgan fingerprint density at radius 3 is 2.32 bits per heavy atom. The van der Waals surface area contributed by atoms with Crippen LogP contribution in [0.15, 0.2) is 30.3 Å². The van der Waals surface area contributed by atoms with Crippen LogP contribution >= 0.6 is 0 Å². The van der Waals surface area contributed by atoms with E-state index in [9.17, 15) is 18.0 Å². The van der Waals surface area contributed by atoms with Crippen molar-refractivity contribution in [2.24, 2.45) is 0 Å². The number of rotatable bonds is 5. The van der Waals surface area contributed by atoms with E-state index in [1.807, 2.05) is 35.2 Å². The quantitative estimate of drug-likeness (QED) is 0.747. The van der Waals surface area contributed by atoms with Gasteiger partial charge < -0.3 is 19.5 Å². The second-order valence-corrected chi connectivity index (χ2v) is 7.60. The predicted molar refractivity (Wildman–Crippen MR) is 107 cm³/mol. The van der Waals surface area contributed by atoms with Gasteiger partial charge in [-0.2, -0.15) is 13.2 Å². The monoisotopic (exact) mass is 446 g/mol. The minimum Gasteiger partial charge on any atom is -0.475 e. The summed E-state index contributed by atoms with van der Waals surface area (Å²) in [5.74, 6) is -2.52. The van der Waals surface area contributed by atoms with Gasteiger partial charge in [0.1, 0.15) is 0 Å². The standard InChI is InChI=1S/C19H28N2O3.C2HF3O2/c1-23-13-11-21-12-14-24-16-19(21)7-9-20(10-8-19)18(22)15-17-5-3-2-4-6-17;3-2(4,5)1(6)7/h2-6H,7-16H2,1H3;(H,6,7). The first kappa shape index (κ1) is 25.1. The van der Waals surface area contributed by atoms with Gasteiger partial charge in [0.2, 0.25) is 5.91 Å². The maximum atomic E-state index is 12.6. The molecule has 7 nitrogen and oxygen atoms in total. The van der Waals surface area contributed by atoms with Gasteiger partial charge in [0.05, 0.1) is 26.2 Å². The minimum absolute atomic E-state index is 0.0836. The Balaban J connectivity index is 0.000000423. The van der Waals surface area contributed by atoms with Gasteiger partial charge >= 0.3 is 12.1 Å². The van der Waals surface area contributed by atoms with Crippen LogP contribution in [0.1, 0.15) is 18.4 Å². The van der Waals surface area contributed by atoms with Crippen molar-refractivity contribution in [3.05, 3.63) is 35.9 Å². The second-order valence-electron chi connectivity index (χ2n) is 7.60. The summed E-state index contributed by atoms with van der Waals surface area (Å²) in [5, 5.41) is 7.12. The molecule has 3 rings (SSSR count). The number of morpholine rings is 1. The first-order valence-corrected chi connectivity index (χ1v) is 10.1. The minimum atomic E-state index is -5.08. The Hall–Kier alpha value is -2.17. The van der Waals surface area contributed by atoms with Crippen LogP contribution < -0.4 is 0 Å². The van der Waals surface area contributed by atoms with Crippen LogP contribution in [0.2, 0.25) is 0 Å². The predicted octanol–water partition coefficient (Wildman–Crippen LogP) is 2.20. The fourth-order valence-corrected chi connectivity index (χ4v) is 3.83. The lowest BCUT2D eigenvalue weighted by Crippen LogP contribution is -2.62. The van der Waals surface area contributed by atoms with Crippen LogP contribution in [-0.2, 0) is 25.5 Å². The Morgan fingerprint density at radius 1 is 1.16 bits per heavy atom. The average Bonchev–Trinajstić information content (AvgIpc) is 2.74. The SMILES string of the molecule is COCCN1CCOCC12CCN(C(=O)Cc1ccccc1)CC2.O=C(O)C(F)(F)F. The van der Waals surface area contributed by atoms with Crippen LogP contribution in [-0.4, -0.2) is 91.6 Å². The lowest BCUT2D eigenvalue weighted by atomic mass is 9.85. The number of hydrogen-bond donors (Lipinski definition) is 1. The summed E-state index contributed by atoms with van der Waals surface area (Å²) in [6.45, 7) is 5.86. The number of alkyl halides is 3. The Kier molecular flexibility index (Phi) is 9.27. The van der Waals surface area contributed by atoms with E-state index < -0.39 is 12.1 Å². The first-order chi connectivity index (χ1) is 14.7. The Morgan fingerprint density at radius 2 is 1.77 bits per heavy atom. The van der Waals surface area contributed by atoms with Crippen LogP contribution in [0.5, 0.6) is 0 Å². The summed E-state index contributed by atoms with van der Waals surface area (Å²) in [6, 6.07) is 9.99. The topological polar surface area (TPSA) is 79.3 Å². The van der Waals surface area contributed by atoms with Gasteiger partial charge in [0.25, 0.3) is 0 Å². The van der Waals surface area contributed by atoms with Gasteiger partial charge in [0.15, 0.2) is 0 Å². The molecule has 10 heteroatoms. The van der Waals surface area contributed by atoms with Gasteiger partial charge in [-0.1, -0.05) is 30.3 Å². The fourth-order valence-electron chi connectivity index (χ4n) is 3.83. The number of carbonyl (C=O) groups excluding carboxylic acids is 1. The molecule has 31 heavy (non-hydrogen) atoms. The van der Waals surface area contributed by atoms with Crippen LogP contribution in [0.25, 0.3) is 0 Å². The molecule has 2 saturated heterocycles. The smallest absolute Gasteiger partial charge is 0.475 e. The zero-order valence-electron chi connectivity index (χ0n) is 17.6. The van der Waals surface area contributed by atoms with E-state index in [4.69, 9.17) is 19.4 Å². The van der Waals surface area contributed by atoms with Gasteiger partial charge in [-0.05, 0) is 18.4 Å². The molecule has 2 heterocycles. The fraction of sp³-hybridized carbons (Fsp3) is 0.619. The third kappa shape index (κ3) is 7.48. The number of benzene rings is 1. The Labute approximate surface area is 179 Å². The molecule has 0 radical (unpaired) electrons. The highest BCUT2D eigenvalue weighted by molar-refractivity contribution is 5.78. The van der Waals surface area contributed by atoms with Gasteiger partial charge in [0, 0.05) is 38.8 Å². The summed E-state index contributed by atoms with van der Waals surface area (Å²) in [4.78, 5) is 26.0. The van der Waals surface area contributed by atoms with Crippen LogP contribution in [0.4, 0.5) is 13.2 Å². The summed E-state index contributed by atoms with van der Waals surface area (Å²) in [5.41, 5.74) is 1.17. The molecular formula is C21H29F3N2O5. The Bertz CT molecular complexity index is 707. The molecule has 2 fully saturated rings. The number of ether oxygens (including phenoxy) is 2. The number of nitrogens with zero attached hydrogens (tertiary/aromatic N) is 2. The molecule has 1 amide bonds. The number of methoxy groups -OCH3 is 1. The van der Waals surface area contributed by atoms with Gasteiger partial charge in [-0.25, -0.2) is 4.79 Å². The number of carbonyl (C=O) groups is 2. The normalized spacial score (nSPS) is 18.9. The highest BCUT2D eigenvalue weighted by Crippen LogP contribution is 2.31. The largest absolute Gasteiger partial charge is 0.490 e. The van der Waals surface area contributed by atoms with Gasteiger partial charge in [-0.3, -0.25) is 9.69 Å². The summed E-state index contributed by atoms with van der Waals surface area (Å²) in [7, 11) is 1.75. The van der Waals surface area contributed by atoms with E-state index in [2.05, 4.69) is 4.90 Å². The number of aliphatic carboxylic acids is 1. The van der Waals surface area contributed by atoms with E-state index in [0.717, 1.165) is 64.4 Å². The zero-order valence-corrected chi connectivity index (χ0v) is 17.6. The molecule has 0 atom stereocenters. The molecule has 2 aliphatic heterocycles.